The zero-order valence-corrected chi connectivity index (χ0v) is 14.8. The molecule has 1 N–H and O–H groups in total. The average Bonchev–Trinajstić information content (AvgIpc) is 3.48. The minimum atomic E-state index is -0.0860. The average molecular weight is 342 g/mol. The van der Waals surface area contributed by atoms with Crippen molar-refractivity contribution >= 4 is 17.6 Å². The topological polar surface area (TPSA) is 65.5 Å². The van der Waals surface area contributed by atoms with E-state index in [1.807, 2.05) is 30.0 Å². The number of nitrogens with zero attached hydrogens (tertiary/aromatic N) is 3. The molecule has 0 aromatic carbocycles. The Morgan fingerprint density at radius 1 is 1.24 bits per heavy atom. The van der Waals surface area contributed by atoms with Crippen molar-refractivity contribution in [3.05, 3.63) is 36.0 Å². The Bertz CT molecular complexity index is 632. The van der Waals surface area contributed by atoms with E-state index in [0.29, 0.717) is 32.0 Å². The van der Waals surface area contributed by atoms with E-state index in [0.717, 1.165) is 24.5 Å². The minimum absolute atomic E-state index is 0.0860. The summed E-state index contributed by atoms with van der Waals surface area (Å²) in [5.41, 5.74) is 1.15. The number of hydrogen-bond acceptors (Lipinski definition) is 4. The molecular formula is C19H26N4O2. The summed E-state index contributed by atoms with van der Waals surface area (Å²) < 4.78 is 0. The van der Waals surface area contributed by atoms with Crippen LogP contribution in [0.1, 0.15) is 26.2 Å². The van der Waals surface area contributed by atoms with E-state index in [4.69, 9.17) is 0 Å². The summed E-state index contributed by atoms with van der Waals surface area (Å²) >= 11 is 0. The second-order valence-corrected chi connectivity index (χ2v) is 6.76. The van der Waals surface area contributed by atoms with E-state index in [-0.39, 0.29) is 11.8 Å². The fourth-order valence-corrected chi connectivity index (χ4v) is 3.09. The third-order valence-electron chi connectivity index (χ3n) is 4.82. The molecule has 6 nitrogen and oxygen atoms in total. The molecule has 1 saturated heterocycles. The van der Waals surface area contributed by atoms with Gasteiger partial charge in [0.25, 0.3) is 0 Å². The predicted octanol–water partition coefficient (Wildman–Crippen LogP) is 1.59. The van der Waals surface area contributed by atoms with Gasteiger partial charge in [0.15, 0.2) is 0 Å². The summed E-state index contributed by atoms with van der Waals surface area (Å²) in [6.45, 7) is 5.38. The van der Waals surface area contributed by atoms with Crippen LogP contribution in [0, 0.1) is 5.92 Å². The number of nitrogens with one attached hydrogen (secondary N) is 1. The molecule has 1 saturated carbocycles. The number of hydrogen-bond donors (Lipinski definition) is 1. The Morgan fingerprint density at radius 3 is 2.64 bits per heavy atom. The Morgan fingerprint density at radius 2 is 2.00 bits per heavy atom. The van der Waals surface area contributed by atoms with Crippen LogP contribution in [0.2, 0.25) is 0 Å². The molecule has 6 heteroatoms. The molecule has 1 aromatic heterocycles. The van der Waals surface area contributed by atoms with Gasteiger partial charge in [0.1, 0.15) is 5.82 Å². The van der Waals surface area contributed by atoms with Crippen molar-refractivity contribution in [1.82, 2.24) is 15.2 Å². The zero-order chi connectivity index (χ0) is 17.6. The van der Waals surface area contributed by atoms with Gasteiger partial charge in [-0.2, -0.15) is 0 Å². The van der Waals surface area contributed by atoms with E-state index in [2.05, 4.69) is 15.2 Å². The molecule has 0 bridgehead atoms. The first-order chi connectivity index (χ1) is 12.1. The van der Waals surface area contributed by atoms with Crippen molar-refractivity contribution in [1.29, 1.82) is 0 Å². The van der Waals surface area contributed by atoms with Crippen LogP contribution < -0.4 is 10.2 Å². The molecule has 2 aliphatic rings. The van der Waals surface area contributed by atoms with Gasteiger partial charge < -0.3 is 15.1 Å². The fourth-order valence-electron chi connectivity index (χ4n) is 3.09. The minimum Gasteiger partial charge on any atom is -0.353 e. The fraction of sp³-hybridized carbons (Fsp3) is 0.526. The van der Waals surface area contributed by atoms with Gasteiger partial charge in [-0.1, -0.05) is 11.6 Å². The first-order valence-corrected chi connectivity index (χ1v) is 9.03. The van der Waals surface area contributed by atoms with E-state index in [1.54, 1.807) is 12.3 Å². The van der Waals surface area contributed by atoms with Gasteiger partial charge in [0, 0.05) is 51.4 Å². The second-order valence-electron chi connectivity index (χ2n) is 6.76. The standard InChI is InChI=1S/C19H26N4O2/c1-15(16-5-6-16)14-18(24)21-9-7-19(25)23-12-10-22(11-13-23)17-4-2-3-8-20-17/h2-4,8,14,16H,5-7,9-13H2,1H3,(H,21,24). The molecule has 0 radical (unpaired) electrons. The van der Waals surface area contributed by atoms with Gasteiger partial charge in [0.2, 0.25) is 11.8 Å². The predicted molar refractivity (Wildman–Crippen MR) is 97.1 cm³/mol. The van der Waals surface area contributed by atoms with Gasteiger partial charge >= 0.3 is 0 Å². The molecule has 3 rings (SSSR count). The molecule has 134 valence electrons. The number of piperazine rings is 1. The maximum absolute atomic E-state index is 12.3. The maximum Gasteiger partial charge on any atom is 0.243 e. The molecule has 0 spiro atoms. The smallest absolute Gasteiger partial charge is 0.243 e. The largest absolute Gasteiger partial charge is 0.353 e. The molecule has 2 fully saturated rings. The van der Waals surface area contributed by atoms with Crippen molar-refractivity contribution < 1.29 is 9.59 Å². The van der Waals surface area contributed by atoms with Gasteiger partial charge in [0.05, 0.1) is 0 Å². The Labute approximate surface area is 148 Å². The van der Waals surface area contributed by atoms with Gasteiger partial charge in [-0.15, -0.1) is 0 Å². The van der Waals surface area contributed by atoms with Gasteiger partial charge in [-0.05, 0) is 37.8 Å². The monoisotopic (exact) mass is 342 g/mol. The lowest BCUT2D eigenvalue weighted by molar-refractivity contribution is -0.131. The third-order valence-corrected chi connectivity index (χ3v) is 4.82. The first-order valence-electron chi connectivity index (χ1n) is 9.03. The Kier molecular flexibility index (Phi) is 5.68. The van der Waals surface area contributed by atoms with Crippen molar-refractivity contribution in [3.63, 3.8) is 0 Å². The molecule has 1 aliphatic carbocycles. The summed E-state index contributed by atoms with van der Waals surface area (Å²) in [4.78, 5) is 32.5. The number of carbonyl (C=O) groups is 2. The summed E-state index contributed by atoms with van der Waals surface area (Å²) in [6.07, 6.45) is 6.20. The highest BCUT2D eigenvalue weighted by Crippen LogP contribution is 2.35. The first kappa shape index (κ1) is 17.5. The summed E-state index contributed by atoms with van der Waals surface area (Å²) in [6, 6.07) is 5.87. The number of anilines is 1. The molecule has 0 unspecified atom stereocenters. The van der Waals surface area contributed by atoms with Gasteiger partial charge in [-0.3, -0.25) is 9.59 Å². The number of amides is 2. The van der Waals surface area contributed by atoms with E-state index >= 15 is 0 Å². The highest BCUT2D eigenvalue weighted by atomic mass is 16.2. The van der Waals surface area contributed by atoms with E-state index in [9.17, 15) is 9.59 Å². The molecule has 1 aliphatic heterocycles. The van der Waals surface area contributed by atoms with Crippen molar-refractivity contribution in [2.24, 2.45) is 5.92 Å². The van der Waals surface area contributed by atoms with Crippen LogP contribution in [0.3, 0.4) is 0 Å². The van der Waals surface area contributed by atoms with Crippen LogP contribution in [-0.2, 0) is 9.59 Å². The third kappa shape index (κ3) is 5.05. The van der Waals surface area contributed by atoms with Crippen LogP contribution in [0.25, 0.3) is 0 Å². The Balaban J connectivity index is 1.36. The van der Waals surface area contributed by atoms with Crippen molar-refractivity contribution in [2.45, 2.75) is 26.2 Å². The SMILES string of the molecule is CC(=CC(=O)NCCC(=O)N1CCN(c2ccccn2)CC1)C1CC1. The van der Waals surface area contributed by atoms with Crippen LogP contribution in [0.5, 0.6) is 0 Å². The lowest BCUT2D eigenvalue weighted by atomic mass is 10.2. The quantitative estimate of drug-likeness (QED) is 0.798. The van der Waals surface area contributed by atoms with Crippen LogP contribution in [-0.4, -0.2) is 54.4 Å². The van der Waals surface area contributed by atoms with Crippen LogP contribution >= 0.6 is 0 Å². The molecule has 2 heterocycles. The zero-order valence-electron chi connectivity index (χ0n) is 14.8. The molecule has 1 aromatic rings. The molecule has 0 atom stereocenters. The summed E-state index contributed by atoms with van der Waals surface area (Å²) in [5, 5.41) is 2.82. The molecule has 2 amide bonds. The maximum atomic E-state index is 12.3. The number of carbonyl (C=O) groups excluding carboxylic acids is 2. The number of aromatic nitrogens is 1. The lowest BCUT2D eigenvalue weighted by Gasteiger charge is -2.35. The second kappa shape index (κ2) is 8.14. The lowest BCUT2D eigenvalue weighted by Crippen LogP contribution is -2.49. The normalized spacial score (nSPS) is 18.2. The summed E-state index contributed by atoms with van der Waals surface area (Å²) in [7, 11) is 0. The molecule has 25 heavy (non-hydrogen) atoms. The summed E-state index contributed by atoms with van der Waals surface area (Å²) in [5.74, 6) is 1.57. The van der Waals surface area contributed by atoms with Crippen molar-refractivity contribution in [3.8, 4) is 0 Å². The van der Waals surface area contributed by atoms with Crippen molar-refractivity contribution in [2.75, 3.05) is 37.6 Å². The van der Waals surface area contributed by atoms with E-state index in [1.165, 1.54) is 12.8 Å². The highest BCUT2D eigenvalue weighted by Gasteiger charge is 2.24. The molecular weight excluding hydrogens is 316 g/mol. The highest BCUT2D eigenvalue weighted by molar-refractivity contribution is 5.88. The van der Waals surface area contributed by atoms with Gasteiger partial charge in [-0.25, -0.2) is 4.98 Å². The Hall–Kier alpha value is -2.37. The number of pyridine rings is 1. The van der Waals surface area contributed by atoms with Crippen LogP contribution in [0.4, 0.5) is 5.82 Å². The van der Waals surface area contributed by atoms with E-state index < -0.39 is 0 Å². The number of allylic oxidation sites excluding steroid dienone is 1. The van der Waals surface area contributed by atoms with Crippen LogP contribution in [0.15, 0.2) is 36.0 Å². The number of rotatable bonds is 6.